The molecule has 0 saturated heterocycles. The quantitative estimate of drug-likeness (QED) is 0.457. The maximum Gasteiger partial charge on any atom is 0.407 e. The molecule has 0 fully saturated rings. The van der Waals surface area contributed by atoms with Gasteiger partial charge in [-0.1, -0.05) is 61.9 Å². The molecule has 9 heteroatoms. The first-order valence-electron chi connectivity index (χ1n) is 11.1. The second kappa shape index (κ2) is 11.3. The standard InChI is InChI=1S/C25H28N2O7/c1-3-8-20(23(29)26-21(24(30)31)13-22(28)33-2)27-25(32)34-14-19-17-11-6-4-9-15(17)16-10-5-7-12-18(16)19/h4-7,9-12,19-21H,3,8,13-14H2,1-2H3,(H,26,29)(H,27,32)(H,30,31)/t20-,21+/m0/s1. The maximum atomic E-state index is 12.6. The first-order valence-corrected chi connectivity index (χ1v) is 11.1. The van der Waals surface area contributed by atoms with E-state index < -0.39 is 42.4 Å². The Bertz CT molecular complexity index is 1020. The van der Waals surface area contributed by atoms with E-state index >= 15 is 0 Å². The first-order chi connectivity index (χ1) is 16.3. The van der Waals surface area contributed by atoms with Crippen LogP contribution in [-0.4, -0.2) is 54.8 Å². The van der Waals surface area contributed by atoms with Crippen LogP contribution in [0.2, 0.25) is 0 Å². The number of hydrogen-bond donors (Lipinski definition) is 3. The van der Waals surface area contributed by atoms with E-state index in [1.54, 1.807) is 0 Å². The van der Waals surface area contributed by atoms with Crippen molar-refractivity contribution in [2.45, 2.75) is 44.2 Å². The van der Waals surface area contributed by atoms with Crippen molar-refractivity contribution in [3.05, 3.63) is 59.7 Å². The molecule has 0 radical (unpaired) electrons. The number of amides is 2. The van der Waals surface area contributed by atoms with Crippen LogP contribution in [-0.2, 0) is 23.9 Å². The molecule has 0 heterocycles. The van der Waals surface area contributed by atoms with Crippen LogP contribution in [0.15, 0.2) is 48.5 Å². The number of ether oxygens (including phenoxy) is 2. The van der Waals surface area contributed by atoms with E-state index in [1.165, 1.54) is 0 Å². The lowest BCUT2D eigenvalue weighted by atomic mass is 9.98. The lowest BCUT2D eigenvalue weighted by Crippen LogP contribution is -2.52. The normalized spacial score (nSPS) is 13.7. The number of aliphatic carboxylic acids is 1. The molecule has 3 rings (SSSR count). The van der Waals surface area contributed by atoms with Gasteiger partial charge in [0.2, 0.25) is 5.91 Å². The van der Waals surface area contributed by atoms with Crippen molar-refractivity contribution in [3.63, 3.8) is 0 Å². The lowest BCUT2D eigenvalue weighted by Gasteiger charge is -2.21. The van der Waals surface area contributed by atoms with Crippen LogP contribution >= 0.6 is 0 Å². The third-order valence-electron chi connectivity index (χ3n) is 5.74. The Kier molecular flexibility index (Phi) is 8.24. The molecule has 1 aliphatic carbocycles. The monoisotopic (exact) mass is 468 g/mol. The zero-order chi connectivity index (χ0) is 24.7. The second-order valence-electron chi connectivity index (χ2n) is 7.99. The molecule has 9 nitrogen and oxygen atoms in total. The zero-order valence-electron chi connectivity index (χ0n) is 19.1. The lowest BCUT2D eigenvalue weighted by molar-refractivity contribution is -0.149. The summed E-state index contributed by atoms with van der Waals surface area (Å²) in [6.07, 6.45) is -0.492. The van der Waals surface area contributed by atoms with Crippen molar-refractivity contribution in [1.82, 2.24) is 10.6 Å². The fourth-order valence-electron chi connectivity index (χ4n) is 4.06. The van der Waals surface area contributed by atoms with Crippen LogP contribution in [0.5, 0.6) is 0 Å². The number of carbonyl (C=O) groups excluding carboxylic acids is 3. The molecule has 0 unspecified atom stereocenters. The molecule has 0 bridgehead atoms. The molecule has 0 spiro atoms. The minimum Gasteiger partial charge on any atom is -0.480 e. The summed E-state index contributed by atoms with van der Waals surface area (Å²) in [7, 11) is 1.13. The Balaban J connectivity index is 1.63. The van der Waals surface area contributed by atoms with E-state index in [2.05, 4.69) is 15.4 Å². The molecular formula is C25H28N2O7. The first kappa shape index (κ1) is 24.8. The molecule has 1 aliphatic rings. The van der Waals surface area contributed by atoms with E-state index in [0.717, 1.165) is 29.4 Å². The number of carboxylic acid groups (broad SMARTS) is 1. The van der Waals surface area contributed by atoms with E-state index in [0.29, 0.717) is 6.42 Å². The summed E-state index contributed by atoms with van der Waals surface area (Å²) >= 11 is 0. The average Bonchev–Trinajstić information content (AvgIpc) is 3.15. The van der Waals surface area contributed by atoms with Crippen LogP contribution in [0.4, 0.5) is 4.79 Å². The van der Waals surface area contributed by atoms with Crippen molar-refractivity contribution < 1.29 is 33.8 Å². The number of methoxy groups -OCH3 is 1. The summed E-state index contributed by atoms with van der Waals surface area (Å²) in [6.45, 7) is 1.91. The van der Waals surface area contributed by atoms with Gasteiger partial charge >= 0.3 is 18.0 Å². The molecular weight excluding hydrogens is 440 g/mol. The van der Waals surface area contributed by atoms with Gasteiger partial charge in [-0.05, 0) is 28.7 Å². The van der Waals surface area contributed by atoms with Crippen molar-refractivity contribution in [2.24, 2.45) is 0 Å². The summed E-state index contributed by atoms with van der Waals surface area (Å²) in [5, 5.41) is 14.1. The highest BCUT2D eigenvalue weighted by atomic mass is 16.5. The number of hydrogen-bond acceptors (Lipinski definition) is 6. The summed E-state index contributed by atoms with van der Waals surface area (Å²) in [5.41, 5.74) is 4.32. The average molecular weight is 469 g/mol. The van der Waals surface area contributed by atoms with Gasteiger partial charge in [0.1, 0.15) is 18.7 Å². The number of benzene rings is 2. The van der Waals surface area contributed by atoms with Gasteiger partial charge in [-0.3, -0.25) is 9.59 Å². The molecule has 180 valence electrons. The van der Waals surface area contributed by atoms with Gasteiger partial charge in [0.25, 0.3) is 0 Å². The van der Waals surface area contributed by atoms with Crippen molar-refractivity contribution in [1.29, 1.82) is 0 Å². The minimum atomic E-state index is -1.47. The molecule has 0 aromatic heterocycles. The largest absolute Gasteiger partial charge is 0.480 e. The Hall–Kier alpha value is -3.88. The van der Waals surface area contributed by atoms with E-state index in [1.807, 2.05) is 55.5 Å². The number of fused-ring (bicyclic) bond motifs is 3. The van der Waals surface area contributed by atoms with Crippen LogP contribution < -0.4 is 10.6 Å². The summed E-state index contributed by atoms with van der Waals surface area (Å²) in [4.78, 5) is 48.0. The molecule has 2 aromatic carbocycles. The maximum absolute atomic E-state index is 12.6. The van der Waals surface area contributed by atoms with Crippen molar-refractivity contribution in [2.75, 3.05) is 13.7 Å². The van der Waals surface area contributed by atoms with E-state index in [4.69, 9.17) is 4.74 Å². The number of esters is 1. The van der Waals surface area contributed by atoms with E-state index in [-0.39, 0.29) is 18.9 Å². The minimum absolute atomic E-state index is 0.0837. The van der Waals surface area contributed by atoms with Gasteiger partial charge < -0.3 is 25.2 Å². The second-order valence-corrected chi connectivity index (χ2v) is 7.99. The van der Waals surface area contributed by atoms with E-state index in [9.17, 15) is 24.3 Å². The molecule has 2 atom stereocenters. The van der Waals surface area contributed by atoms with Gasteiger partial charge in [-0.25, -0.2) is 9.59 Å². The molecule has 34 heavy (non-hydrogen) atoms. The van der Waals surface area contributed by atoms with Gasteiger partial charge in [-0.15, -0.1) is 0 Å². The Labute approximate surface area is 197 Å². The van der Waals surface area contributed by atoms with Crippen LogP contribution in [0.3, 0.4) is 0 Å². The fraction of sp³-hybridized carbons (Fsp3) is 0.360. The van der Waals surface area contributed by atoms with Crippen LogP contribution in [0, 0.1) is 0 Å². The fourth-order valence-corrected chi connectivity index (χ4v) is 4.06. The number of rotatable bonds is 10. The summed E-state index contributed by atoms with van der Waals surface area (Å²) in [6, 6.07) is 13.4. The number of carbonyl (C=O) groups is 4. The molecule has 2 aromatic rings. The highest BCUT2D eigenvalue weighted by molar-refractivity contribution is 5.91. The highest BCUT2D eigenvalue weighted by Crippen LogP contribution is 2.44. The van der Waals surface area contributed by atoms with Gasteiger partial charge in [0, 0.05) is 5.92 Å². The van der Waals surface area contributed by atoms with Crippen LogP contribution in [0.25, 0.3) is 11.1 Å². The van der Waals surface area contributed by atoms with Crippen LogP contribution in [0.1, 0.15) is 43.2 Å². The molecule has 0 saturated carbocycles. The van der Waals surface area contributed by atoms with Gasteiger partial charge in [0.05, 0.1) is 13.5 Å². The Morgan fingerprint density at radius 1 is 0.941 bits per heavy atom. The molecule has 2 amide bonds. The third kappa shape index (κ3) is 5.72. The Morgan fingerprint density at radius 3 is 2.06 bits per heavy atom. The summed E-state index contributed by atoms with van der Waals surface area (Å²) in [5.74, 6) is -3.00. The third-order valence-corrected chi connectivity index (χ3v) is 5.74. The zero-order valence-corrected chi connectivity index (χ0v) is 19.1. The molecule has 3 N–H and O–H groups in total. The van der Waals surface area contributed by atoms with Gasteiger partial charge in [0.15, 0.2) is 0 Å². The predicted molar refractivity (Wildman–Crippen MR) is 123 cm³/mol. The smallest absolute Gasteiger partial charge is 0.407 e. The summed E-state index contributed by atoms with van der Waals surface area (Å²) < 4.78 is 9.95. The Morgan fingerprint density at radius 2 is 1.53 bits per heavy atom. The van der Waals surface area contributed by atoms with Crippen molar-refractivity contribution in [3.8, 4) is 11.1 Å². The number of nitrogens with one attached hydrogen (secondary N) is 2. The number of carboxylic acids is 1. The predicted octanol–water partition coefficient (Wildman–Crippen LogP) is 2.83. The topological polar surface area (TPSA) is 131 Å². The number of alkyl carbamates (subject to hydrolysis) is 1. The van der Waals surface area contributed by atoms with Gasteiger partial charge in [-0.2, -0.15) is 0 Å². The SMILES string of the molecule is CCC[C@H](NC(=O)OCC1c2ccccc2-c2ccccc21)C(=O)N[C@H](CC(=O)OC)C(=O)O. The van der Waals surface area contributed by atoms with Crippen molar-refractivity contribution >= 4 is 23.9 Å². The highest BCUT2D eigenvalue weighted by Gasteiger charge is 2.31. The molecule has 0 aliphatic heterocycles.